The first-order valence-electron chi connectivity index (χ1n) is 9.93. The van der Waals surface area contributed by atoms with Crippen LogP contribution < -0.4 is 4.90 Å². The standard InChI is InChI=1S/C24H32FNO/c1-6-24(27)18(4)22-10-8-7-9-19(22)11-12-20-13-14-21(15-23(20)25)26(5)16-17(2)3/h7-10,13-15,17-18H,6,11-12,16H2,1-5H3. The lowest BCUT2D eigenvalue weighted by Crippen LogP contribution is -2.22. The fourth-order valence-corrected chi connectivity index (χ4v) is 3.56. The van der Waals surface area contributed by atoms with Crippen molar-refractivity contribution in [3.63, 3.8) is 0 Å². The van der Waals surface area contributed by atoms with Crippen molar-refractivity contribution in [2.75, 3.05) is 18.5 Å². The van der Waals surface area contributed by atoms with Gasteiger partial charge in [-0.05, 0) is 47.6 Å². The molecule has 1 unspecified atom stereocenters. The zero-order chi connectivity index (χ0) is 20.0. The molecular formula is C24H32FNO. The summed E-state index contributed by atoms with van der Waals surface area (Å²) in [5.74, 6) is 0.509. The van der Waals surface area contributed by atoms with Gasteiger partial charge in [0.2, 0.25) is 0 Å². The quantitative estimate of drug-likeness (QED) is 0.558. The molecule has 0 bridgehead atoms. The SMILES string of the molecule is CCC(=O)C(C)c1ccccc1CCc1ccc(N(C)CC(C)C)cc1F. The predicted molar refractivity (Wildman–Crippen MR) is 112 cm³/mol. The predicted octanol–water partition coefficient (Wildman–Crippen LogP) is 5.79. The van der Waals surface area contributed by atoms with Crippen molar-refractivity contribution < 1.29 is 9.18 Å². The number of nitrogens with zero attached hydrogens (tertiary/aromatic N) is 1. The van der Waals surface area contributed by atoms with Gasteiger partial charge in [-0.2, -0.15) is 0 Å². The normalized spacial score (nSPS) is 12.3. The number of ketones is 1. The first kappa shape index (κ1) is 21.1. The molecule has 2 nitrogen and oxygen atoms in total. The summed E-state index contributed by atoms with van der Waals surface area (Å²) < 4.78 is 14.6. The highest BCUT2D eigenvalue weighted by atomic mass is 19.1. The molecule has 0 aliphatic rings. The van der Waals surface area contributed by atoms with Gasteiger partial charge in [0.1, 0.15) is 11.6 Å². The molecule has 0 heterocycles. The molecule has 2 aromatic carbocycles. The molecule has 2 aromatic rings. The summed E-state index contributed by atoms with van der Waals surface area (Å²) in [5.41, 5.74) is 3.83. The zero-order valence-corrected chi connectivity index (χ0v) is 17.3. The Bertz CT molecular complexity index is 769. The van der Waals surface area contributed by atoms with E-state index < -0.39 is 0 Å². The minimum atomic E-state index is -0.154. The lowest BCUT2D eigenvalue weighted by molar-refractivity contribution is -0.119. The van der Waals surface area contributed by atoms with Gasteiger partial charge in [-0.25, -0.2) is 4.39 Å². The van der Waals surface area contributed by atoms with Gasteiger partial charge in [0, 0.05) is 31.6 Å². The van der Waals surface area contributed by atoms with Gasteiger partial charge < -0.3 is 4.90 Å². The van der Waals surface area contributed by atoms with Gasteiger partial charge in [-0.15, -0.1) is 0 Å². The summed E-state index contributed by atoms with van der Waals surface area (Å²) >= 11 is 0. The lowest BCUT2D eigenvalue weighted by atomic mass is 9.89. The van der Waals surface area contributed by atoms with E-state index in [4.69, 9.17) is 0 Å². The van der Waals surface area contributed by atoms with E-state index in [1.54, 1.807) is 6.07 Å². The van der Waals surface area contributed by atoms with Gasteiger partial charge in [0.25, 0.3) is 0 Å². The number of carbonyl (C=O) groups excluding carboxylic acids is 1. The summed E-state index contributed by atoms with van der Waals surface area (Å²) in [4.78, 5) is 14.2. The Hall–Kier alpha value is -2.16. The molecular weight excluding hydrogens is 337 g/mol. The number of halogens is 1. The van der Waals surface area contributed by atoms with Gasteiger partial charge in [0.05, 0.1) is 0 Å². The average molecular weight is 370 g/mol. The van der Waals surface area contributed by atoms with Crippen LogP contribution in [-0.2, 0) is 17.6 Å². The molecule has 0 radical (unpaired) electrons. The number of hydrogen-bond acceptors (Lipinski definition) is 2. The van der Waals surface area contributed by atoms with Crippen LogP contribution in [0.15, 0.2) is 42.5 Å². The molecule has 0 aliphatic carbocycles. The maximum Gasteiger partial charge on any atom is 0.139 e. The molecule has 0 fully saturated rings. The molecule has 0 amide bonds. The lowest BCUT2D eigenvalue weighted by Gasteiger charge is -2.22. The first-order valence-corrected chi connectivity index (χ1v) is 9.93. The molecule has 0 saturated carbocycles. The Morgan fingerprint density at radius 2 is 1.70 bits per heavy atom. The number of hydrogen-bond donors (Lipinski definition) is 0. The maximum atomic E-state index is 14.6. The third-order valence-electron chi connectivity index (χ3n) is 5.13. The summed E-state index contributed by atoms with van der Waals surface area (Å²) in [6.45, 7) is 9.07. The summed E-state index contributed by atoms with van der Waals surface area (Å²) in [6.07, 6.45) is 1.90. The number of Topliss-reactive ketones (excluding diaryl/α,β-unsaturated/α-hetero) is 1. The number of rotatable bonds is 9. The summed E-state index contributed by atoms with van der Waals surface area (Å²) in [5, 5.41) is 0. The maximum absolute atomic E-state index is 14.6. The number of carbonyl (C=O) groups is 1. The van der Waals surface area contributed by atoms with E-state index in [0.717, 1.165) is 35.3 Å². The Kier molecular flexibility index (Phi) is 7.58. The van der Waals surface area contributed by atoms with Crippen LogP contribution >= 0.6 is 0 Å². The van der Waals surface area contributed by atoms with E-state index in [2.05, 4.69) is 24.8 Å². The van der Waals surface area contributed by atoms with Crippen molar-refractivity contribution in [2.24, 2.45) is 5.92 Å². The Balaban J connectivity index is 2.12. The van der Waals surface area contributed by atoms with Crippen LogP contribution in [0.1, 0.15) is 56.7 Å². The van der Waals surface area contributed by atoms with Crippen LogP contribution in [0.25, 0.3) is 0 Å². The zero-order valence-electron chi connectivity index (χ0n) is 17.3. The van der Waals surface area contributed by atoms with Crippen LogP contribution in [0.4, 0.5) is 10.1 Å². The van der Waals surface area contributed by atoms with Crippen molar-refractivity contribution in [1.82, 2.24) is 0 Å². The van der Waals surface area contributed by atoms with Crippen LogP contribution in [0.2, 0.25) is 0 Å². The average Bonchev–Trinajstić information content (AvgIpc) is 2.65. The second kappa shape index (κ2) is 9.68. The molecule has 1 atom stereocenters. The third kappa shape index (κ3) is 5.66. The van der Waals surface area contributed by atoms with E-state index in [9.17, 15) is 9.18 Å². The van der Waals surface area contributed by atoms with Crippen LogP contribution in [-0.4, -0.2) is 19.4 Å². The number of benzene rings is 2. The Labute approximate surface area is 163 Å². The minimum Gasteiger partial charge on any atom is -0.374 e. The third-order valence-corrected chi connectivity index (χ3v) is 5.13. The molecule has 3 heteroatoms. The van der Waals surface area contributed by atoms with Gasteiger partial charge in [0.15, 0.2) is 0 Å². The van der Waals surface area contributed by atoms with E-state index in [1.807, 2.05) is 51.2 Å². The highest BCUT2D eigenvalue weighted by Crippen LogP contribution is 2.25. The van der Waals surface area contributed by atoms with Crippen LogP contribution in [0, 0.1) is 11.7 Å². The number of anilines is 1. The first-order chi connectivity index (χ1) is 12.8. The fraction of sp³-hybridized carbons (Fsp3) is 0.458. The van der Waals surface area contributed by atoms with Crippen molar-refractivity contribution in [3.8, 4) is 0 Å². The minimum absolute atomic E-state index is 0.108. The highest BCUT2D eigenvalue weighted by molar-refractivity contribution is 5.85. The molecule has 0 spiro atoms. The van der Waals surface area contributed by atoms with Gasteiger partial charge in [-0.1, -0.05) is 58.0 Å². The molecule has 0 aromatic heterocycles. The largest absolute Gasteiger partial charge is 0.374 e. The van der Waals surface area contributed by atoms with E-state index >= 15 is 0 Å². The molecule has 146 valence electrons. The molecule has 27 heavy (non-hydrogen) atoms. The molecule has 0 saturated heterocycles. The molecule has 0 aliphatic heterocycles. The van der Waals surface area contributed by atoms with E-state index in [0.29, 0.717) is 18.8 Å². The highest BCUT2D eigenvalue weighted by Gasteiger charge is 2.17. The fourth-order valence-electron chi connectivity index (χ4n) is 3.56. The topological polar surface area (TPSA) is 20.3 Å². The van der Waals surface area contributed by atoms with Crippen molar-refractivity contribution in [3.05, 3.63) is 65.0 Å². The summed E-state index contributed by atoms with van der Waals surface area (Å²) in [6, 6.07) is 13.6. The second-order valence-corrected chi connectivity index (χ2v) is 7.79. The molecule has 2 rings (SSSR count). The smallest absolute Gasteiger partial charge is 0.139 e. The molecule has 0 N–H and O–H groups in total. The number of aryl methyl sites for hydroxylation is 2. The van der Waals surface area contributed by atoms with Crippen LogP contribution in [0.5, 0.6) is 0 Å². The van der Waals surface area contributed by atoms with Crippen molar-refractivity contribution >= 4 is 11.5 Å². The van der Waals surface area contributed by atoms with Crippen LogP contribution in [0.3, 0.4) is 0 Å². The van der Waals surface area contributed by atoms with Gasteiger partial charge >= 0.3 is 0 Å². The Morgan fingerprint density at radius 3 is 2.33 bits per heavy atom. The van der Waals surface area contributed by atoms with Gasteiger partial charge in [-0.3, -0.25) is 4.79 Å². The van der Waals surface area contributed by atoms with E-state index in [1.165, 1.54) is 0 Å². The monoisotopic (exact) mass is 369 g/mol. The Morgan fingerprint density at radius 1 is 1.04 bits per heavy atom. The van der Waals surface area contributed by atoms with E-state index in [-0.39, 0.29) is 17.5 Å². The van der Waals surface area contributed by atoms with Crippen molar-refractivity contribution in [1.29, 1.82) is 0 Å². The second-order valence-electron chi connectivity index (χ2n) is 7.79. The summed E-state index contributed by atoms with van der Waals surface area (Å²) in [7, 11) is 2.00. The van der Waals surface area contributed by atoms with Crippen molar-refractivity contribution in [2.45, 2.75) is 52.9 Å².